The second kappa shape index (κ2) is 14.9. The van der Waals surface area contributed by atoms with Gasteiger partial charge in [-0.25, -0.2) is 4.79 Å². The summed E-state index contributed by atoms with van der Waals surface area (Å²) in [6.45, 7) is 4.74. The van der Waals surface area contributed by atoms with Gasteiger partial charge in [-0.05, 0) is 41.6 Å². The smallest absolute Gasteiger partial charge is 0.407 e. The lowest BCUT2D eigenvalue weighted by atomic mass is 9.96. The summed E-state index contributed by atoms with van der Waals surface area (Å²) < 4.78 is 16.4. The van der Waals surface area contributed by atoms with Crippen molar-refractivity contribution in [1.82, 2.24) is 4.90 Å². The molecule has 8 heteroatoms. The zero-order valence-corrected chi connectivity index (χ0v) is 19.8. The quantitative estimate of drug-likeness (QED) is 0.376. The number of carboxylic acid groups (broad SMARTS) is 1. The van der Waals surface area contributed by atoms with Crippen LogP contribution in [0, 0.1) is 0 Å². The molecule has 0 radical (unpaired) electrons. The minimum Gasteiger partial charge on any atom is -0.465 e. The molecular weight excluding hydrogens is 444 g/mol. The van der Waals surface area contributed by atoms with Crippen LogP contribution in [0.2, 0.25) is 0 Å². The molecule has 3 N–H and O–H groups in total. The molecule has 7 nitrogen and oxygen atoms in total. The van der Waals surface area contributed by atoms with E-state index in [1.54, 1.807) is 0 Å². The molecule has 0 heterocycles. The van der Waals surface area contributed by atoms with Gasteiger partial charge in [0.15, 0.2) is 0 Å². The fraction of sp³-hybridized carbons (Fsp3) is 0.480. The molecule has 0 atom stereocenters. The third-order valence-electron chi connectivity index (χ3n) is 5.59. The predicted octanol–water partition coefficient (Wildman–Crippen LogP) is 3.99. The molecule has 0 aliphatic heterocycles. The molecule has 0 aromatic heterocycles. The molecule has 182 valence electrons. The van der Waals surface area contributed by atoms with Crippen LogP contribution in [0.3, 0.4) is 0 Å². The summed E-state index contributed by atoms with van der Waals surface area (Å²) in [7, 11) is 0. The number of rotatable bonds is 15. The van der Waals surface area contributed by atoms with Gasteiger partial charge in [-0.3, -0.25) is 0 Å². The van der Waals surface area contributed by atoms with Crippen LogP contribution in [0.4, 0.5) is 4.79 Å². The van der Waals surface area contributed by atoms with E-state index in [-0.39, 0.29) is 18.3 Å². The number of carbonyl (C=O) groups is 1. The highest BCUT2D eigenvalue weighted by molar-refractivity contribution is 5.85. The van der Waals surface area contributed by atoms with Gasteiger partial charge in [-0.2, -0.15) is 0 Å². The molecule has 0 saturated heterocycles. The number of fused-ring (bicyclic) bond motifs is 3. The second-order valence-corrected chi connectivity index (χ2v) is 7.79. The molecule has 1 amide bonds. The third kappa shape index (κ3) is 7.98. The Bertz CT molecular complexity index is 806. The van der Waals surface area contributed by atoms with Crippen LogP contribution in [0.25, 0.3) is 11.1 Å². The van der Waals surface area contributed by atoms with E-state index in [0.717, 1.165) is 6.42 Å². The second-order valence-electron chi connectivity index (χ2n) is 7.79. The van der Waals surface area contributed by atoms with E-state index < -0.39 is 6.09 Å². The molecule has 3 rings (SSSR count). The van der Waals surface area contributed by atoms with Crippen molar-refractivity contribution < 1.29 is 24.1 Å². The standard InChI is InChI=1S/C25H34N2O5.ClH/c26-11-5-13-30-15-17-32-18-16-31-14-6-12-27(25(28)29)19-24-22-9-3-1-7-20(22)21-8-2-4-10-23(21)24;/h1-4,7-10,24H,5-6,11-19,26H2,(H,28,29);1H. The largest absolute Gasteiger partial charge is 0.465 e. The first-order chi connectivity index (χ1) is 15.7. The van der Waals surface area contributed by atoms with Crippen molar-refractivity contribution in [2.75, 3.05) is 59.3 Å². The maximum atomic E-state index is 11.9. The van der Waals surface area contributed by atoms with Crippen LogP contribution in [-0.2, 0) is 14.2 Å². The topological polar surface area (TPSA) is 94.3 Å². The Hall–Kier alpha value is -2.16. The van der Waals surface area contributed by atoms with Crippen LogP contribution < -0.4 is 5.73 Å². The summed E-state index contributed by atoms with van der Waals surface area (Å²) >= 11 is 0. The molecular formula is C25H35ClN2O5. The number of hydrogen-bond acceptors (Lipinski definition) is 5. The number of amides is 1. The SMILES string of the molecule is Cl.NCCCOCCOCCOCCCN(CC1c2ccccc2-c2ccccc21)C(=O)O. The fourth-order valence-corrected chi connectivity index (χ4v) is 4.03. The molecule has 0 fully saturated rings. The van der Waals surface area contributed by atoms with Crippen molar-refractivity contribution in [2.45, 2.75) is 18.8 Å². The number of nitrogens with two attached hydrogens (primary N) is 1. The van der Waals surface area contributed by atoms with Gasteiger partial charge in [0.2, 0.25) is 0 Å². The average Bonchev–Trinajstić information content (AvgIpc) is 3.12. The zero-order chi connectivity index (χ0) is 22.6. The summed E-state index contributed by atoms with van der Waals surface area (Å²) in [5, 5.41) is 9.75. The van der Waals surface area contributed by atoms with Crippen molar-refractivity contribution in [3.05, 3.63) is 59.7 Å². The van der Waals surface area contributed by atoms with Crippen LogP contribution in [0.5, 0.6) is 0 Å². The number of nitrogens with zero attached hydrogens (tertiary/aromatic N) is 1. The van der Waals surface area contributed by atoms with Crippen LogP contribution in [-0.4, -0.2) is 75.4 Å². The molecule has 0 spiro atoms. The van der Waals surface area contributed by atoms with E-state index in [0.29, 0.717) is 65.7 Å². The summed E-state index contributed by atoms with van der Waals surface area (Å²) in [5.74, 6) is 0.0555. The highest BCUT2D eigenvalue weighted by atomic mass is 35.5. The van der Waals surface area contributed by atoms with Crippen molar-refractivity contribution in [1.29, 1.82) is 0 Å². The number of hydrogen-bond donors (Lipinski definition) is 2. The van der Waals surface area contributed by atoms with Gasteiger partial charge in [0.05, 0.1) is 26.4 Å². The van der Waals surface area contributed by atoms with Crippen molar-refractivity contribution in [3.63, 3.8) is 0 Å². The van der Waals surface area contributed by atoms with Crippen molar-refractivity contribution >= 4 is 18.5 Å². The first-order valence-corrected chi connectivity index (χ1v) is 11.3. The molecule has 0 saturated carbocycles. The van der Waals surface area contributed by atoms with Crippen LogP contribution in [0.1, 0.15) is 29.9 Å². The average molecular weight is 479 g/mol. The van der Waals surface area contributed by atoms with Gasteiger partial charge >= 0.3 is 6.09 Å². The lowest BCUT2D eigenvalue weighted by molar-refractivity contribution is 0.0130. The van der Waals surface area contributed by atoms with Gasteiger partial charge in [0.25, 0.3) is 0 Å². The van der Waals surface area contributed by atoms with Gasteiger partial charge in [-0.15, -0.1) is 12.4 Å². The summed E-state index contributed by atoms with van der Waals surface area (Å²) in [5.41, 5.74) is 10.2. The molecule has 1 aliphatic carbocycles. The van der Waals surface area contributed by atoms with E-state index >= 15 is 0 Å². The van der Waals surface area contributed by atoms with E-state index in [1.807, 2.05) is 24.3 Å². The minimum absolute atomic E-state index is 0. The highest BCUT2D eigenvalue weighted by Crippen LogP contribution is 2.44. The molecule has 2 aromatic carbocycles. The summed E-state index contributed by atoms with van der Waals surface area (Å²) in [6, 6.07) is 16.5. The molecule has 1 aliphatic rings. The Morgan fingerprint density at radius 2 is 1.30 bits per heavy atom. The first-order valence-electron chi connectivity index (χ1n) is 11.3. The molecule has 2 aromatic rings. The van der Waals surface area contributed by atoms with Crippen LogP contribution >= 0.6 is 12.4 Å². The Labute approximate surface area is 202 Å². The number of halogens is 1. The zero-order valence-electron chi connectivity index (χ0n) is 19.0. The normalized spacial score (nSPS) is 12.2. The fourth-order valence-electron chi connectivity index (χ4n) is 4.03. The monoisotopic (exact) mass is 478 g/mol. The summed E-state index contributed by atoms with van der Waals surface area (Å²) in [4.78, 5) is 13.4. The molecule has 0 unspecified atom stereocenters. The lowest BCUT2D eigenvalue weighted by Gasteiger charge is -2.24. The van der Waals surface area contributed by atoms with E-state index in [2.05, 4.69) is 24.3 Å². The highest BCUT2D eigenvalue weighted by Gasteiger charge is 2.30. The lowest BCUT2D eigenvalue weighted by Crippen LogP contribution is -2.34. The molecule has 33 heavy (non-hydrogen) atoms. The van der Waals surface area contributed by atoms with E-state index in [1.165, 1.54) is 27.2 Å². The molecule has 0 bridgehead atoms. The van der Waals surface area contributed by atoms with Crippen LogP contribution in [0.15, 0.2) is 48.5 Å². The minimum atomic E-state index is -0.898. The maximum Gasteiger partial charge on any atom is 0.407 e. The summed E-state index contributed by atoms with van der Waals surface area (Å²) in [6.07, 6.45) is 0.602. The van der Waals surface area contributed by atoms with Gasteiger partial charge in [-0.1, -0.05) is 48.5 Å². The number of benzene rings is 2. The third-order valence-corrected chi connectivity index (χ3v) is 5.59. The van der Waals surface area contributed by atoms with E-state index in [9.17, 15) is 9.90 Å². The predicted molar refractivity (Wildman–Crippen MR) is 131 cm³/mol. The van der Waals surface area contributed by atoms with Crippen molar-refractivity contribution in [3.8, 4) is 11.1 Å². The maximum absolute atomic E-state index is 11.9. The van der Waals surface area contributed by atoms with Gasteiger partial charge < -0.3 is 30.0 Å². The first kappa shape index (κ1) is 27.1. The van der Waals surface area contributed by atoms with Gasteiger partial charge in [0, 0.05) is 32.2 Å². The number of ether oxygens (including phenoxy) is 3. The Morgan fingerprint density at radius 1 is 0.818 bits per heavy atom. The van der Waals surface area contributed by atoms with E-state index in [4.69, 9.17) is 19.9 Å². The Kier molecular flexibility index (Phi) is 12.2. The van der Waals surface area contributed by atoms with Gasteiger partial charge in [0.1, 0.15) is 0 Å². The van der Waals surface area contributed by atoms with Crippen molar-refractivity contribution in [2.24, 2.45) is 5.73 Å². The Morgan fingerprint density at radius 3 is 1.82 bits per heavy atom. The Balaban J connectivity index is 0.00000385.